The summed E-state index contributed by atoms with van der Waals surface area (Å²) in [5, 5.41) is 8.56. The first kappa shape index (κ1) is 13.4. The van der Waals surface area contributed by atoms with E-state index in [1.807, 2.05) is 6.08 Å². The molecule has 0 bridgehead atoms. The van der Waals surface area contributed by atoms with Crippen molar-refractivity contribution in [1.82, 2.24) is 0 Å². The second-order valence-electron chi connectivity index (χ2n) is 4.07. The van der Waals surface area contributed by atoms with Gasteiger partial charge in [-0.15, -0.1) is 0 Å². The Labute approximate surface area is 101 Å². The zero-order chi connectivity index (χ0) is 12.7. The number of amidine groups is 1. The van der Waals surface area contributed by atoms with Crippen molar-refractivity contribution in [2.75, 3.05) is 0 Å². The maximum Gasteiger partial charge on any atom is 0.324 e. The minimum absolute atomic E-state index is 0.100. The van der Waals surface area contributed by atoms with Crippen molar-refractivity contribution in [2.45, 2.75) is 37.8 Å². The number of allylic oxidation sites excluding steroid dienone is 2. The van der Waals surface area contributed by atoms with Crippen molar-refractivity contribution in [3.63, 3.8) is 0 Å². The summed E-state index contributed by atoms with van der Waals surface area (Å²) in [6.07, 6.45) is 10.8. The Hall–Kier alpha value is -1.62. The molecule has 0 aromatic heterocycles. The van der Waals surface area contributed by atoms with Crippen LogP contribution >= 0.6 is 0 Å². The summed E-state index contributed by atoms with van der Waals surface area (Å²) >= 11 is 0. The van der Waals surface area contributed by atoms with Gasteiger partial charge in [-0.3, -0.25) is 9.79 Å². The maximum absolute atomic E-state index is 10.4. The van der Waals surface area contributed by atoms with Gasteiger partial charge < -0.3 is 16.6 Å². The van der Waals surface area contributed by atoms with Gasteiger partial charge in [-0.05, 0) is 12.8 Å². The quantitative estimate of drug-likeness (QED) is 0.630. The van der Waals surface area contributed by atoms with E-state index in [2.05, 4.69) is 4.99 Å². The van der Waals surface area contributed by atoms with Crippen LogP contribution in [0.25, 0.3) is 0 Å². The molecule has 5 N–H and O–H groups in total. The molecule has 0 aromatic rings. The van der Waals surface area contributed by atoms with Gasteiger partial charge >= 0.3 is 5.97 Å². The number of carbonyl (C=O) groups is 1. The number of rotatable bonds is 4. The summed E-state index contributed by atoms with van der Waals surface area (Å²) < 4.78 is 0. The Morgan fingerprint density at radius 2 is 2.24 bits per heavy atom. The molecule has 17 heavy (non-hydrogen) atoms. The Morgan fingerprint density at radius 3 is 2.94 bits per heavy atom. The van der Waals surface area contributed by atoms with E-state index in [0.29, 0.717) is 5.84 Å². The van der Waals surface area contributed by atoms with E-state index in [4.69, 9.17) is 16.6 Å². The number of aliphatic imine (C=N–C) groups is 1. The number of nitrogens with zero attached hydrogens (tertiary/aromatic N) is 1. The summed E-state index contributed by atoms with van der Waals surface area (Å²) in [6.45, 7) is 0. The lowest BCUT2D eigenvalue weighted by atomic mass is 10.1. The fourth-order valence-corrected chi connectivity index (χ4v) is 1.60. The van der Waals surface area contributed by atoms with Gasteiger partial charge in [0.1, 0.15) is 6.04 Å². The largest absolute Gasteiger partial charge is 0.480 e. The third kappa shape index (κ3) is 5.31. The Morgan fingerprint density at radius 1 is 1.47 bits per heavy atom. The van der Waals surface area contributed by atoms with Crippen LogP contribution in [0, 0.1) is 0 Å². The van der Waals surface area contributed by atoms with Crippen molar-refractivity contribution in [2.24, 2.45) is 16.5 Å². The summed E-state index contributed by atoms with van der Waals surface area (Å²) in [6, 6.07) is -0.856. The molecule has 0 saturated heterocycles. The number of nitrogens with two attached hydrogens (primary N) is 2. The van der Waals surface area contributed by atoms with Crippen molar-refractivity contribution >= 4 is 11.8 Å². The number of hydrogen-bond acceptors (Lipinski definition) is 4. The normalized spacial score (nSPS) is 23.6. The second kappa shape index (κ2) is 6.85. The molecule has 2 unspecified atom stereocenters. The molecule has 1 aliphatic heterocycles. The molecule has 94 valence electrons. The fraction of sp³-hybridized carbons (Fsp3) is 0.500. The summed E-state index contributed by atoms with van der Waals surface area (Å²) in [4.78, 5) is 14.8. The van der Waals surface area contributed by atoms with E-state index in [1.165, 1.54) is 6.08 Å². The van der Waals surface area contributed by atoms with E-state index in [9.17, 15) is 4.79 Å². The first-order valence-electron chi connectivity index (χ1n) is 5.75. The molecule has 0 aliphatic carbocycles. The van der Waals surface area contributed by atoms with Crippen molar-refractivity contribution in [1.29, 1.82) is 0 Å². The number of carboxylic acid groups (broad SMARTS) is 1. The van der Waals surface area contributed by atoms with E-state index in [-0.39, 0.29) is 6.04 Å². The second-order valence-corrected chi connectivity index (χ2v) is 4.07. The van der Waals surface area contributed by atoms with Crippen LogP contribution < -0.4 is 11.5 Å². The lowest BCUT2D eigenvalue weighted by Gasteiger charge is -2.03. The molecule has 0 amide bonds. The number of carboxylic acids is 1. The third-order valence-electron chi connectivity index (χ3n) is 2.56. The monoisotopic (exact) mass is 237 g/mol. The van der Waals surface area contributed by atoms with Crippen LogP contribution in [0.5, 0.6) is 0 Å². The van der Waals surface area contributed by atoms with Crippen molar-refractivity contribution in [3.8, 4) is 0 Å². The van der Waals surface area contributed by atoms with Crippen LogP contribution in [0.2, 0.25) is 0 Å². The van der Waals surface area contributed by atoms with Gasteiger partial charge in [-0.1, -0.05) is 30.7 Å². The SMILES string of the molecule is NC1=NC(C=CC=CC(N)C(=O)O)CCCC1. The average Bonchev–Trinajstić information content (AvgIpc) is 2.48. The van der Waals surface area contributed by atoms with Gasteiger partial charge in [-0.25, -0.2) is 0 Å². The Bertz CT molecular complexity index is 348. The van der Waals surface area contributed by atoms with Crippen molar-refractivity contribution < 1.29 is 9.90 Å². The highest BCUT2D eigenvalue weighted by Gasteiger charge is 2.08. The van der Waals surface area contributed by atoms with Crippen LogP contribution in [0.3, 0.4) is 0 Å². The van der Waals surface area contributed by atoms with E-state index in [1.54, 1.807) is 12.2 Å². The molecule has 2 atom stereocenters. The van der Waals surface area contributed by atoms with Crippen molar-refractivity contribution in [3.05, 3.63) is 24.3 Å². The van der Waals surface area contributed by atoms with Crippen LogP contribution in [-0.4, -0.2) is 29.0 Å². The zero-order valence-corrected chi connectivity index (χ0v) is 9.75. The Kier molecular flexibility index (Phi) is 5.42. The van der Waals surface area contributed by atoms with Gasteiger partial charge in [0.2, 0.25) is 0 Å². The molecule has 0 fully saturated rings. The zero-order valence-electron chi connectivity index (χ0n) is 9.75. The first-order valence-corrected chi connectivity index (χ1v) is 5.75. The van der Waals surface area contributed by atoms with Gasteiger partial charge in [0.15, 0.2) is 0 Å². The fourth-order valence-electron chi connectivity index (χ4n) is 1.60. The molecule has 5 nitrogen and oxygen atoms in total. The number of aliphatic carboxylic acids is 1. The molecule has 0 saturated carbocycles. The molecular formula is C12H19N3O2. The molecule has 1 aliphatic rings. The topological polar surface area (TPSA) is 102 Å². The van der Waals surface area contributed by atoms with Gasteiger partial charge in [0.25, 0.3) is 0 Å². The molecular weight excluding hydrogens is 218 g/mol. The minimum atomic E-state index is -1.04. The maximum atomic E-state index is 10.4. The van der Waals surface area contributed by atoms with Crippen LogP contribution in [0.4, 0.5) is 0 Å². The minimum Gasteiger partial charge on any atom is -0.480 e. The smallest absolute Gasteiger partial charge is 0.324 e. The van der Waals surface area contributed by atoms with E-state index >= 15 is 0 Å². The molecule has 0 aromatic carbocycles. The van der Waals surface area contributed by atoms with Crippen LogP contribution in [0.1, 0.15) is 25.7 Å². The van der Waals surface area contributed by atoms with E-state index in [0.717, 1.165) is 25.7 Å². The number of hydrogen-bond donors (Lipinski definition) is 3. The highest BCUT2D eigenvalue weighted by Crippen LogP contribution is 2.13. The molecule has 5 heteroatoms. The standard InChI is InChI=1S/C12H19N3O2/c13-10(12(16)17)7-3-1-5-9-6-2-4-8-11(14)15-9/h1,3,5,7,9-10H,2,4,6,8,13H2,(H2,14,15)(H,16,17). The predicted molar refractivity (Wildman–Crippen MR) is 67.8 cm³/mol. The van der Waals surface area contributed by atoms with Gasteiger partial charge in [0, 0.05) is 6.42 Å². The summed E-state index contributed by atoms with van der Waals surface area (Å²) in [5.41, 5.74) is 11.0. The van der Waals surface area contributed by atoms with E-state index < -0.39 is 12.0 Å². The van der Waals surface area contributed by atoms with Gasteiger partial charge in [-0.2, -0.15) is 0 Å². The van der Waals surface area contributed by atoms with Gasteiger partial charge in [0.05, 0.1) is 11.9 Å². The predicted octanol–water partition coefficient (Wildman–Crippen LogP) is 0.810. The lowest BCUT2D eigenvalue weighted by Crippen LogP contribution is -2.27. The first-order chi connectivity index (χ1) is 8.09. The highest BCUT2D eigenvalue weighted by atomic mass is 16.4. The average molecular weight is 237 g/mol. The molecule has 0 spiro atoms. The molecule has 1 heterocycles. The summed E-state index contributed by atoms with van der Waals surface area (Å²) in [7, 11) is 0. The Balaban J connectivity index is 2.47. The molecule has 1 rings (SSSR count). The van der Waals surface area contributed by atoms with Crippen LogP contribution in [-0.2, 0) is 4.79 Å². The van der Waals surface area contributed by atoms with Crippen LogP contribution in [0.15, 0.2) is 29.3 Å². The summed E-state index contributed by atoms with van der Waals surface area (Å²) in [5.74, 6) is -0.338. The highest BCUT2D eigenvalue weighted by molar-refractivity contribution is 5.80. The molecule has 0 radical (unpaired) electrons. The third-order valence-corrected chi connectivity index (χ3v) is 2.56. The lowest BCUT2D eigenvalue weighted by molar-refractivity contribution is -0.137.